The summed E-state index contributed by atoms with van der Waals surface area (Å²) in [6.45, 7) is 3.87. The topological polar surface area (TPSA) is 37.4 Å². The zero-order valence-electron chi connectivity index (χ0n) is 12.0. The molecule has 0 unspecified atom stereocenters. The van der Waals surface area contributed by atoms with Gasteiger partial charge in [0.05, 0.1) is 5.75 Å². The third kappa shape index (κ3) is 4.03. The van der Waals surface area contributed by atoms with Crippen LogP contribution in [0.4, 0.5) is 4.39 Å². The fraction of sp³-hybridized carbons (Fsp3) is 0.600. The predicted octanol–water partition coefficient (Wildman–Crippen LogP) is 2.64. The Labute approximate surface area is 120 Å². The molecule has 1 heterocycles. The van der Waals surface area contributed by atoms with Crippen LogP contribution in [0.1, 0.15) is 31.4 Å². The number of benzene rings is 1. The largest absolute Gasteiger partial charge is 0.296 e. The molecular formula is C15H22FNO2S. The number of hydrogen-bond acceptors (Lipinski definition) is 3. The number of halogens is 1. The van der Waals surface area contributed by atoms with E-state index < -0.39 is 9.84 Å². The van der Waals surface area contributed by atoms with Gasteiger partial charge in [0.15, 0.2) is 0 Å². The molecular weight excluding hydrogens is 277 g/mol. The van der Waals surface area contributed by atoms with Crippen molar-refractivity contribution < 1.29 is 12.8 Å². The Morgan fingerprint density at radius 2 is 2.15 bits per heavy atom. The summed E-state index contributed by atoms with van der Waals surface area (Å²) in [6.07, 6.45) is 2.97. The monoisotopic (exact) mass is 299 g/mol. The van der Waals surface area contributed by atoms with Gasteiger partial charge in [0.1, 0.15) is 15.7 Å². The van der Waals surface area contributed by atoms with E-state index in [1.165, 1.54) is 12.3 Å². The molecule has 1 aliphatic rings. The van der Waals surface area contributed by atoms with Crippen LogP contribution in [0.15, 0.2) is 24.3 Å². The van der Waals surface area contributed by atoms with E-state index in [4.69, 9.17) is 0 Å². The summed E-state index contributed by atoms with van der Waals surface area (Å²) in [5, 5.41) is 0. The first kappa shape index (κ1) is 15.4. The first-order valence-electron chi connectivity index (χ1n) is 7.04. The van der Waals surface area contributed by atoms with E-state index in [9.17, 15) is 12.8 Å². The highest BCUT2D eigenvalue weighted by atomic mass is 32.2. The number of sulfone groups is 1. The minimum Gasteiger partial charge on any atom is -0.296 e. The van der Waals surface area contributed by atoms with Crippen molar-refractivity contribution in [3.05, 3.63) is 35.6 Å². The zero-order valence-corrected chi connectivity index (χ0v) is 12.9. The van der Waals surface area contributed by atoms with Gasteiger partial charge in [0.2, 0.25) is 0 Å². The van der Waals surface area contributed by atoms with Crippen LogP contribution in [-0.4, -0.2) is 38.4 Å². The number of likely N-dealkylation sites (tertiary alicyclic amines) is 1. The zero-order chi connectivity index (χ0) is 14.8. The van der Waals surface area contributed by atoms with E-state index in [0.717, 1.165) is 25.1 Å². The molecule has 0 saturated carbocycles. The van der Waals surface area contributed by atoms with Crippen LogP contribution < -0.4 is 0 Å². The molecule has 1 fully saturated rings. The molecule has 0 aliphatic carbocycles. The number of hydrogen-bond donors (Lipinski definition) is 0. The molecule has 20 heavy (non-hydrogen) atoms. The summed E-state index contributed by atoms with van der Waals surface area (Å²) in [4.78, 5) is 2.28. The smallest absolute Gasteiger partial charge is 0.147 e. The van der Waals surface area contributed by atoms with Gasteiger partial charge in [-0.3, -0.25) is 4.90 Å². The Balaban J connectivity index is 2.05. The molecule has 112 valence electrons. The summed E-state index contributed by atoms with van der Waals surface area (Å²) in [7, 11) is -2.90. The van der Waals surface area contributed by atoms with E-state index >= 15 is 0 Å². The quantitative estimate of drug-likeness (QED) is 0.839. The van der Waals surface area contributed by atoms with Crippen LogP contribution in [0, 0.1) is 11.7 Å². The summed E-state index contributed by atoms with van der Waals surface area (Å²) < 4.78 is 35.8. The van der Waals surface area contributed by atoms with Crippen molar-refractivity contribution in [2.45, 2.75) is 25.8 Å². The van der Waals surface area contributed by atoms with Gasteiger partial charge in [-0.05, 0) is 49.5 Å². The average Bonchev–Trinajstić information content (AvgIpc) is 2.69. The van der Waals surface area contributed by atoms with Crippen molar-refractivity contribution in [2.75, 3.05) is 25.1 Å². The number of rotatable bonds is 5. The van der Waals surface area contributed by atoms with Crippen LogP contribution in [0.25, 0.3) is 0 Å². The van der Waals surface area contributed by atoms with Crippen LogP contribution >= 0.6 is 0 Å². The molecule has 1 aromatic rings. The van der Waals surface area contributed by atoms with Crippen molar-refractivity contribution in [3.8, 4) is 0 Å². The normalized spacial score (nSPS) is 24.1. The molecule has 2 atom stereocenters. The molecule has 1 aliphatic heterocycles. The lowest BCUT2D eigenvalue weighted by molar-refractivity contribution is 0.234. The minimum atomic E-state index is -2.90. The van der Waals surface area contributed by atoms with Crippen LogP contribution in [0.3, 0.4) is 0 Å². The summed E-state index contributed by atoms with van der Waals surface area (Å²) >= 11 is 0. The van der Waals surface area contributed by atoms with Crippen molar-refractivity contribution in [1.29, 1.82) is 0 Å². The fourth-order valence-corrected chi connectivity index (χ4v) is 3.69. The molecule has 2 rings (SSSR count). The van der Waals surface area contributed by atoms with E-state index in [2.05, 4.69) is 11.8 Å². The fourth-order valence-electron chi connectivity index (χ4n) is 3.04. The molecule has 1 aromatic carbocycles. The highest BCUT2D eigenvalue weighted by molar-refractivity contribution is 7.90. The summed E-state index contributed by atoms with van der Waals surface area (Å²) in [5.74, 6) is 0.473. The first-order chi connectivity index (χ1) is 9.37. The van der Waals surface area contributed by atoms with Gasteiger partial charge in [-0.2, -0.15) is 0 Å². The Bertz CT molecular complexity index is 559. The van der Waals surface area contributed by atoms with Gasteiger partial charge in [0, 0.05) is 12.3 Å². The lowest BCUT2D eigenvalue weighted by atomic mass is 9.95. The predicted molar refractivity (Wildman–Crippen MR) is 78.8 cm³/mol. The summed E-state index contributed by atoms with van der Waals surface area (Å²) in [6, 6.07) is 6.95. The second-order valence-corrected chi connectivity index (χ2v) is 8.04. The van der Waals surface area contributed by atoms with E-state index in [-0.39, 0.29) is 17.6 Å². The summed E-state index contributed by atoms with van der Waals surface area (Å²) in [5.41, 5.74) is 0.995. The van der Waals surface area contributed by atoms with Gasteiger partial charge in [-0.15, -0.1) is 0 Å². The van der Waals surface area contributed by atoms with Crippen molar-refractivity contribution >= 4 is 9.84 Å². The molecule has 3 nitrogen and oxygen atoms in total. The molecule has 0 amide bonds. The highest BCUT2D eigenvalue weighted by Gasteiger charge is 2.32. The van der Waals surface area contributed by atoms with Crippen LogP contribution in [0.2, 0.25) is 0 Å². The van der Waals surface area contributed by atoms with Crippen molar-refractivity contribution in [1.82, 2.24) is 4.90 Å². The van der Waals surface area contributed by atoms with E-state index in [0.29, 0.717) is 12.3 Å². The lowest BCUT2D eigenvalue weighted by Crippen LogP contribution is -2.27. The standard InChI is InChI=1S/C15H22FNO2S/c1-12-7-9-17(8-4-10-20(2,18)19)15(12)13-5-3-6-14(16)11-13/h3,5-6,11-12,15H,4,7-10H2,1-2H3/t12-,15-/m0/s1. The molecule has 0 bridgehead atoms. The Hall–Kier alpha value is -0.940. The average molecular weight is 299 g/mol. The second kappa shape index (κ2) is 6.22. The first-order valence-corrected chi connectivity index (χ1v) is 9.10. The second-order valence-electron chi connectivity index (χ2n) is 5.79. The molecule has 0 spiro atoms. The van der Waals surface area contributed by atoms with Gasteiger partial charge in [-0.1, -0.05) is 19.1 Å². The Kier molecular flexibility index (Phi) is 4.81. The number of nitrogens with zero attached hydrogens (tertiary/aromatic N) is 1. The Morgan fingerprint density at radius 3 is 2.80 bits per heavy atom. The SMILES string of the molecule is C[C@H]1CCN(CCCS(C)(=O)=O)[C@@H]1c1cccc(F)c1. The highest BCUT2D eigenvalue weighted by Crippen LogP contribution is 2.37. The van der Waals surface area contributed by atoms with E-state index in [1.54, 1.807) is 12.1 Å². The van der Waals surface area contributed by atoms with Gasteiger partial charge in [-0.25, -0.2) is 12.8 Å². The lowest BCUT2D eigenvalue weighted by Gasteiger charge is -2.27. The van der Waals surface area contributed by atoms with Crippen molar-refractivity contribution in [3.63, 3.8) is 0 Å². The molecule has 1 saturated heterocycles. The molecule has 5 heteroatoms. The van der Waals surface area contributed by atoms with Crippen LogP contribution in [0.5, 0.6) is 0 Å². The van der Waals surface area contributed by atoms with E-state index in [1.807, 2.05) is 6.07 Å². The minimum absolute atomic E-state index is 0.199. The maximum Gasteiger partial charge on any atom is 0.147 e. The van der Waals surface area contributed by atoms with Gasteiger partial charge in [0.25, 0.3) is 0 Å². The molecule has 0 radical (unpaired) electrons. The molecule has 0 N–H and O–H groups in total. The Morgan fingerprint density at radius 1 is 1.40 bits per heavy atom. The maximum absolute atomic E-state index is 13.4. The van der Waals surface area contributed by atoms with Gasteiger partial charge >= 0.3 is 0 Å². The third-order valence-corrected chi connectivity index (χ3v) is 4.98. The maximum atomic E-state index is 13.4. The van der Waals surface area contributed by atoms with Crippen molar-refractivity contribution in [2.24, 2.45) is 5.92 Å². The van der Waals surface area contributed by atoms with Crippen LogP contribution in [-0.2, 0) is 9.84 Å². The molecule has 0 aromatic heterocycles. The third-order valence-electron chi connectivity index (χ3n) is 3.95. The van der Waals surface area contributed by atoms with Gasteiger partial charge < -0.3 is 0 Å².